The molecule has 1 aliphatic carbocycles. The molecule has 0 spiro atoms. The van der Waals surface area contributed by atoms with Crippen LogP contribution in [0, 0.1) is 5.41 Å². The summed E-state index contributed by atoms with van der Waals surface area (Å²) in [4.78, 5) is 15.3. The van der Waals surface area contributed by atoms with Crippen LogP contribution in [0.3, 0.4) is 0 Å². The molecular formula is C11H16N2O5S. The van der Waals surface area contributed by atoms with Gasteiger partial charge in [-0.3, -0.25) is 4.79 Å². The number of carboxylic acids is 1. The second kappa shape index (κ2) is 4.92. The fourth-order valence-corrected chi connectivity index (χ4v) is 3.05. The minimum atomic E-state index is -3.22. The molecule has 1 aromatic heterocycles. The number of rotatable bonds is 5. The molecule has 1 N–H and O–H groups in total. The second-order valence-corrected chi connectivity index (χ2v) is 7.28. The Balaban J connectivity index is 2.13. The maximum Gasteiger partial charge on any atom is 0.310 e. The number of aromatic nitrogens is 2. The molecule has 0 aromatic carbocycles. The molecule has 7 nitrogen and oxygen atoms in total. The van der Waals surface area contributed by atoms with Gasteiger partial charge in [-0.2, -0.15) is 4.98 Å². The first-order chi connectivity index (χ1) is 8.81. The van der Waals surface area contributed by atoms with Crippen LogP contribution in [0.25, 0.3) is 0 Å². The quantitative estimate of drug-likeness (QED) is 0.853. The number of hydrogen-bond donors (Lipinski definition) is 1. The summed E-state index contributed by atoms with van der Waals surface area (Å²) < 4.78 is 27.2. The van der Waals surface area contributed by atoms with Crippen molar-refractivity contribution in [2.45, 2.75) is 37.9 Å². The summed E-state index contributed by atoms with van der Waals surface area (Å²) in [6, 6.07) is 0. The van der Waals surface area contributed by atoms with Gasteiger partial charge in [0.05, 0.1) is 5.41 Å². The van der Waals surface area contributed by atoms with Crippen LogP contribution in [0.1, 0.15) is 37.4 Å². The maximum absolute atomic E-state index is 11.4. The van der Waals surface area contributed by atoms with E-state index >= 15 is 0 Å². The fourth-order valence-electron chi connectivity index (χ4n) is 2.46. The van der Waals surface area contributed by atoms with Crippen LogP contribution in [0.15, 0.2) is 4.52 Å². The molecule has 1 heterocycles. The van der Waals surface area contributed by atoms with E-state index in [0.29, 0.717) is 12.8 Å². The molecule has 8 heteroatoms. The van der Waals surface area contributed by atoms with Crippen LogP contribution < -0.4 is 0 Å². The Labute approximate surface area is 110 Å². The van der Waals surface area contributed by atoms with Crippen LogP contribution >= 0.6 is 0 Å². The summed E-state index contributed by atoms with van der Waals surface area (Å²) in [6.45, 7) is 0. The first-order valence-corrected chi connectivity index (χ1v) is 8.09. The van der Waals surface area contributed by atoms with Gasteiger partial charge in [-0.1, -0.05) is 18.0 Å². The number of hydrogen-bond acceptors (Lipinski definition) is 6. The van der Waals surface area contributed by atoms with E-state index in [9.17, 15) is 18.3 Å². The van der Waals surface area contributed by atoms with Gasteiger partial charge in [-0.25, -0.2) is 8.42 Å². The van der Waals surface area contributed by atoms with E-state index in [0.717, 1.165) is 19.1 Å². The van der Waals surface area contributed by atoms with E-state index in [1.807, 2.05) is 0 Å². The molecule has 1 aliphatic rings. The molecule has 0 amide bonds. The van der Waals surface area contributed by atoms with Crippen LogP contribution in [0.2, 0.25) is 0 Å². The van der Waals surface area contributed by atoms with Crippen LogP contribution in [0.4, 0.5) is 0 Å². The van der Waals surface area contributed by atoms with Crippen molar-refractivity contribution in [3.8, 4) is 0 Å². The lowest BCUT2D eigenvalue weighted by Crippen LogP contribution is -2.30. The third kappa shape index (κ3) is 3.31. The lowest BCUT2D eigenvalue weighted by molar-refractivity contribution is -0.148. The summed E-state index contributed by atoms with van der Waals surface area (Å²) in [5, 5.41) is 12.9. The standard InChI is InChI=1S/C11H16N2O5S/c1-19(16,17)7-8-12-9(18-13-8)6-11(10(14)15)4-2-3-5-11/h2-7H2,1H3,(H,14,15). The molecule has 0 bridgehead atoms. The van der Waals surface area contributed by atoms with E-state index < -0.39 is 21.2 Å². The highest BCUT2D eigenvalue weighted by atomic mass is 32.2. The van der Waals surface area contributed by atoms with Crippen molar-refractivity contribution < 1.29 is 22.8 Å². The zero-order valence-electron chi connectivity index (χ0n) is 10.6. The Morgan fingerprint density at radius 3 is 2.58 bits per heavy atom. The summed E-state index contributed by atoms with van der Waals surface area (Å²) in [6.07, 6.45) is 4.17. The SMILES string of the molecule is CS(=O)(=O)Cc1noc(CC2(C(=O)O)CCCC2)n1. The smallest absolute Gasteiger partial charge is 0.310 e. The summed E-state index contributed by atoms with van der Waals surface area (Å²) in [5.74, 6) is -0.872. The van der Waals surface area contributed by atoms with Crippen LogP contribution in [-0.2, 0) is 26.8 Å². The minimum absolute atomic E-state index is 0.0797. The molecule has 0 unspecified atom stereocenters. The molecule has 106 valence electrons. The zero-order chi connectivity index (χ0) is 14.1. The molecule has 0 aliphatic heterocycles. The Bertz CT molecular complexity index is 572. The average Bonchev–Trinajstić information content (AvgIpc) is 2.87. The van der Waals surface area contributed by atoms with Crippen molar-refractivity contribution in [2.75, 3.05) is 6.26 Å². The van der Waals surface area contributed by atoms with E-state index in [4.69, 9.17) is 4.52 Å². The zero-order valence-corrected chi connectivity index (χ0v) is 11.4. The number of carboxylic acid groups (broad SMARTS) is 1. The lowest BCUT2D eigenvalue weighted by Gasteiger charge is -2.21. The Morgan fingerprint density at radius 2 is 2.05 bits per heavy atom. The third-order valence-electron chi connectivity index (χ3n) is 3.41. The molecular weight excluding hydrogens is 272 g/mol. The topological polar surface area (TPSA) is 110 Å². The van der Waals surface area contributed by atoms with Crippen molar-refractivity contribution in [3.63, 3.8) is 0 Å². The third-order valence-corrected chi connectivity index (χ3v) is 4.19. The first kappa shape index (κ1) is 14.0. The predicted molar refractivity (Wildman–Crippen MR) is 65.1 cm³/mol. The van der Waals surface area contributed by atoms with Crippen LogP contribution in [0.5, 0.6) is 0 Å². The minimum Gasteiger partial charge on any atom is -0.481 e. The molecule has 0 atom stereocenters. The van der Waals surface area contributed by atoms with E-state index in [1.165, 1.54) is 0 Å². The van der Waals surface area contributed by atoms with Crippen molar-refractivity contribution in [2.24, 2.45) is 5.41 Å². The summed E-state index contributed by atoms with van der Waals surface area (Å²) in [5.41, 5.74) is -0.838. The van der Waals surface area contributed by atoms with Gasteiger partial charge in [0.15, 0.2) is 15.7 Å². The Kier molecular flexibility index (Phi) is 3.62. The van der Waals surface area contributed by atoms with Crippen molar-refractivity contribution in [1.29, 1.82) is 0 Å². The fraction of sp³-hybridized carbons (Fsp3) is 0.727. The molecule has 0 radical (unpaired) electrons. The largest absolute Gasteiger partial charge is 0.481 e. The normalized spacial score (nSPS) is 18.6. The monoisotopic (exact) mass is 288 g/mol. The Hall–Kier alpha value is -1.44. The van der Waals surface area contributed by atoms with Crippen molar-refractivity contribution in [1.82, 2.24) is 10.1 Å². The average molecular weight is 288 g/mol. The Morgan fingerprint density at radius 1 is 1.42 bits per heavy atom. The van der Waals surface area contributed by atoms with Gasteiger partial charge in [0.25, 0.3) is 0 Å². The lowest BCUT2D eigenvalue weighted by atomic mass is 9.83. The molecule has 1 saturated carbocycles. The number of sulfone groups is 1. The number of aliphatic carboxylic acids is 1. The summed E-state index contributed by atoms with van der Waals surface area (Å²) in [7, 11) is -3.22. The highest BCUT2D eigenvalue weighted by Gasteiger charge is 2.42. The van der Waals surface area contributed by atoms with Crippen LogP contribution in [-0.4, -0.2) is 35.9 Å². The van der Waals surface area contributed by atoms with E-state index in [2.05, 4.69) is 10.1 Å². The highest BCUT2D eigenvalue weighted by Crippen LogP contribution is 2.40. The van der Waals surface area contributed by atoms with Gasteiger partial charge in [0, 0.05) is 12.7 Å². The van der Waals surface area contributed by atoms with Crippen molar-refractivity contribution >= 4 is 15.8 Å². The molecule has 1 fully saturated rings. The van der Waals surface area contributed by atoms with E-state index in [-0.39, 0.29) is 23.9 Å². The van der Waals surface area contributed by atoms with E-state index in [1.54, 1.807) is 0 Å². The van der Waals surface area contributed by atoms with Gasteiger partial charge in [-0.05, 0) is 12.8 Å². The second-order valence-electron chi connectivity index (χ2n) is 5.14. The van der Waals surface area contributed by atoms with Gasteiger partial charge in [0.1, 0.15) is 5.75 Å². The summed E-state index contributed by atoms with van der Waals surface area (Å²) >= 11 is 0. The molecule has 2 rings (SSSR count). The number of carbonyl (C=O) groups is 1. The highest BCUT2D eigenvalue weighted by molar-refractivity contribution is 7.89. The maximum atomic E-state index is 11.4. The molecule has 1 aromatic rings. The first-order valence-electron chi connectivity index (χ1n) is 6.03. The predicted octanol–water partition coefficient (Wildman–Crippen LogP) is 0.802. The van der Waals surface area contributed by atoms with Gasteiger partial charge < -0.3 is 9.63 Å². The molecule has 19 heavy (non-hydrogen) atoms. The number of nitrogens with zero attached hydrogens (tertiary/aromatic N) is 2. The van der Waals surface area contributed by atoms with Gasteiger partial charge in [-0.15, -0.1) is 0 Å². The van der Waals surface area contributed by atoms with Gasteiger partial charge >= 0.3 is 5.97 Å². The van der Waals surface area contributed by atoms with Crippen molar-refractivity contribution in [3.05, 3.63) is 11.7 Å². The van der Waals surface area contributed by atoms with Gasteiger partial charge in [0.2, 0.25) is 5.89 Å². The molecule has 0 saturated heterocycles.